The maximum atomic E-state index is 13.3. The number of nitro benzene ring substituents is 1. The zero-order chi connectivity index (χ0) is 25.4. The summed E-state index contributed by atoms with van der Waals surface area (Å²) in [5, 5.41) is 23.9. The Balaban J connectivity index is 1.44. The molecule has 11 nitrogen and oxygen atoms in total. The Bertz CT molecular complexity index is 1590. The second-order valence-corrected chi connectivity index (χ2v) is 8.13. The smallest absolute Gasteiger partial charge is 0.339 e. The highest BCUT2D eigenvalue weighted by Crippen LogP contribution is 2.29. The van der Waals surface area contributed by atoms with E-state index in [2.05, 4.69) is 15.3 Å². The Morgan fingerprint density at radius 1 is 1.08 bits per heavy atom. The molecule has 11 heteroatoms. The molecule has 0 spiro atoms. The molecule has 1 atom stereocenters. The molecule has 36 heavy (non-hydrogen) atoms. The van der Waals surface area contributed by atoms with Crippen molar-refractivity contribution in [1.82, 2.24) is 25.0 Å². The highest BCUT2D eigenvalue weighted by molar-refractivity contribution is 6.05. The van der Waals surface area contributed by atoms with Gasteiger partial charge in [-0.05, 0) is 32.0 Å². The number of esters is 1. The van der Waals surface area contributed by atoms with Crippen LogP contribution in [0.3, 0.4) is 0 Å². The summed E-state index contributed by atoms with van der Waals surface area (Å²) in [5.41, 5.74) is 3.46. The van der Waals surface area contributed by atoms with Gasteiger partial charge in [0.1, 0.15) is 0 Å². The Labute approximate surface area is 204 Å². The number of fused-ring (bicyclic) bond motifs is 1. The van der Waals surface area contributed by atoms with E-state index in [9.17, 15) is 14.9 Å². The minimum absolute atomic E-state index is 0.0509. The molecule has 2 aromatic carbocycles. The van der Waals surface area contributed by atoms with E-state index in [0.717, 1.165) is 5.56 Å². The van der Waals surface area contributed by atoms with Crippen molar-refractivity contribution >= 4 is 22.7 Å². The molecule has 0 N–H and O–H groups in total. The highest BCUT2D eigenvalue weighted by atomic mass is 16.6. The average Bonchev–Trinajstić information content (AvgIpc) is 3.49. The van der Waals surface area contributed by atoms with Gasteiger partial charge in [0.05, 0.1) is 27.3 Å². The zero-order valence-corrected chi connectivity index (χ0v) is 19.6. The summed E-state index contributed by atoms with van der Waals surface area (Å²) >= 11 is 0. The lowest BCUT2D eigenvalue weighted by Gasteiger charge is -2.12. The van der Waals surface area contributed by atoms with Crippen LogP contribution in [0.5, 0.6) is 0 Å². The number of carbonyl (C=O) groups excluding carboxylic acids is 1. The van der Waals surface area contributed by atoms with Crippen molar-refractivity contribution in [2.75, 3.05) is 0 Å². The molecule has 3 aromatic heterocycles. The molecule has 0 radical (unpaired) electrons. The maximum absolute atomic E-state index is 13.3. The number of aryl methyl sites for hydroxylation is 2. The van der Waals surface area contributed by atoms with Crippen LogP contribution < -0.4 is 0 Å². The van der Waals surface area contributed by atoms with E-state index in [1.54, 1.807) is 31.6 Å². The predicted molar refractivity (Wildman–Crippen MR) is 129 cm³/mol. The van der Waals surface area contributed by atoms with Crippen LogP contribution in [-0.4, -0.2) is 35.9 Å². The summed E-state index contributed by atoms with van der Waals surface area (Å²) < 4.78 is 13.0. The predicted octanol–water partition coefficient (Wildman–Crippen LogP) is 4.82. The van der Waals surface area contributed by atoms with Crippen LogP contribution in [0, 0.1) is 17.0 Å². The van der Waals surface area contributed by atoms with Crippen molar-refractivity contribution in [2.24, 2.45) is 7.05 Å². The van der Waals surface area contributed by atoms with E-state index in [4.69, 9.17) is 14.1 Å². The quantitative estimate of drug-likeness (QED) is 0.188. The fraction of sp³-hybridized carbons (Fsp3) is 0.160. The van der Waals surface area contributed by atoms with E-state index in [0.29, 0.717) is 33.5 Å². The Hall–Kier alpha value is -4.93. The van der Waals surface area contributed by atoms with Crippen molar-refractivity contribution < 1.29 is 18.9 Å². The van der Waals surface area contributed by atoms with Crippen molar-refractivity contribution in [3.05, 3.63) is 87.9 Å². The number of hydrogen-bond donors (Lipinski definition) is 0. The van der Waals surface area contributed by atoms with Crippen LogP contribution in [0.15, 0.2) is 65.1 Å². The van der Waals surface area contributed by atoms with Crippen LogP contribution in [0.2, 0.25) is 0 Å². The first-order valence-electron chi connectivity index (χ1n) is 11.0. The molecule has 0 saturated carbocycles. The van der Waals surface area contributed by atoms with E-state index >= 15 is 0 Å². The molecular weight excluding hydrogens is 464 g/mol. The average molecular weight is 484 g/mol. The lowest BCUT2D eigenvalue weighted by Crippen LogP contribution is -2.11. The lowest BCUT2D eigenvalue weighted by molar-refractivity contribution is -0.384. The molecule has 1 unspecified atom stereocenters. The first-order chi connectivity index (χ1) is 17.3. The second-order valence-electron chi connectivity index (χ2n) is 8.13. The highest BCUT2D eigenvalue weighted by Gasteiger charge is 2.25. The topological polar surface area (TPSA) is 139 Å². The molecule has 3 heterocycles. The summed E-state index contributed by atoms with van der Waals surface area (Å²) in [5.74, 6) is -0.338. The Morgan fingerprint density at radius 2 is 1.81 bits per heavy atom. The van der Waals surface area contributed by atoms with Crippen molar-refractivity contribution in [3.63, 3.8) is 0 Å². The van der Waals surface area contributed by atoms with Crippen LogP contribution in [0.1, 0.15) is 35.0 Å². The number of carbonyl (C=O) groups is 1. The molecule has 0 bridgehead atoms. The number of benzene rings is 2. The Kier molecular flexibility index (Phi) is 5.72. The molecule has 180 valence electrons. The number of aromatic nitrogens is 5. The van der Waals surface area contributed by atoms with Gasteiger partial charge in [-0.25, -0.2) is 9.78 Å². The van der Waals surface area contributed by atoms with Gasteiger partial charge < -0.3 is 9.15 Å². The van der Waals surface area contributed by atoms with Crippen LogP contribution >= 0.6 is 0 Å². The summed E-state index contributed by atoms with van der Waals surface area (Å²) in [6.07, 6.45) is -0.850. The summed E-state index contributed by atoms with van der Waals surface area (Å²) in [7, 11) is 1.77. The van der Waals surface area contributed by atoms with Gasteiger partial charge in [0.15, 0.2) is 11.8 Å². The maximum Gasteiger partial charge on any atom is 0.339 e. The summed E-state index contributed by atoms with van der Waals surface area (Å²) in [6, 6.07) is 16.9. The third-order valence-corrected chi connectivity index (χ3v) is 5.66. The molecule has 0 aliphatic heterocycles. The fourth-order valence-corrected chi connectivity index (χ4v) is 3.88. The van der Waals surface area contributed by atoms with Gasteiger partial charge in [0, 0.05) is 30.3 Å². The van der Waals surface area contributed by atoms with E-state index in [1.165, 1.54) is 24.3 Å². The molecule has 5 rings (SSSR count). The number of nitrogens with zero attached hydrogens (tertiary/aromatic N) is 6. The van der Waals surface area contributed by atoms with Crippen molar-refractivity contribution in [2.45, 2.75) is 20.0 Å². The van der Waals surface area contributed by atoms with E-state index < -0.39 is 17.0 Å². The van der Waals surface area contributed by atoms with Gasteiger partial charge in [-0.1, -0.05) is 30.3 Å². The van der Waals surface area contributed by atoms with Crippen molar-refractivity contribution in [1.29, 1.82) is 0 Å². The van der Waals surface area contributed by atoms with Gasteiger partial charge in [0.2, 0.25) is 5.89 Å². The van der Waals surface area contributed by atoms with Crippen LogP contribution in [-0.2, 0) is 11.8 Å². The van der Waals surface area contributed by atoms with Gasteiger partial charge in [-0.15, -0.1) is 10.2 Å². The normalized spacial score (nSPS) is 12.0. The van der Waals surface area contributed by atoms with E-state index in [-0.39, 0.29) is 17.5 Å². The third-order valence-electron chi connectivity index (χ3n) is 5.66. The van der Waals surface area contributed by atoms with Gasteiger partial charge >= 0.3 is 5.97 Å². The number of non-ortho nitro benzene ring substituents is 1. The first-order valence-corrected chi connectivity index (χ1v) is 11.0. The molecular formula is C25H20N6O5. The van der Waals surface area contributed by atoms with E-state index in [1.807, 2.05) is 30.3 Å². The number of nitro groups is 1. The monoisotopic (exact) mass is 484 g/mol. The Morgan fingerprint density at radius 3 is 2.50 bits per heavy atom. The number of pyridine rings is 1. The molecule has 0 fully saturated rings. The van der Waals surface area contributed by atoms with Crippen LogP contribution in [0.4, 0.5) is 5.69 Å². The molecule has 5 aromatic rings. The van der Waals surface area contributed by atoms with Crippen molar-refractivity contribution in [3.8, 4) is 22.7 Å². The molecule has 0 amide bonds. The molecule has 0 aliphatic rings. The largest absolute Gasteiger partial charge is 0.449 e. The molecule has 0 saturated heterocycles. The van der Waals surface area contributed by atoms with Gasteiger partial charge in [-0.2, -0.15) is 5.10 Å². The zero-order valence-electron chi connectivity index (χ0n) is 19.6. The van der Waals surface area contributed by atoms with Crippen LogP contribution in [0.25, 0.3) is 33.7 Å². The fourth-order valence-electron chi connectivity index (χ4n) is 3.88. The SMILES string of the molecule is Cc1nn(C)c2nc(-c3ccccc3)cc(C(=O)OC(C)c3nnc(-c4ccc([N+](=O)[O-])cc4)o3)c12. The molecule has 0 aliphatic carbocycles. The number of ether oxygens (including phenoxy) is 1. The summed E-state index contributed by atoms with van der Waals surface area (Å²) in [6.45, 7) is 3.43. The van der Waals surface area contributed by atoms with Gasteiger partial charge in [-0.3, -0.25) is 14.8 Å². The minimum atomic E-state index is -0.850. The third kappa shape index (κ3) is 4.17. The second kappa shape index (κ2) is 9.02. The minimum Gasteiger partial charge on any atom is -0.449 e. The number of rotatable bonds is 6. The summed E-state index contributed by atoms with van der Waals surface area (Å²) in [4.78, 5) is 28.4. The van der Waals surface area contributed by atoms with Gasteiger partial charge in [0.25, 0.3) is 11.6 Å². The number of hydrogen-bond acceptors (Lipinski definition) is 9. The standard InChI is InChI=1S/C25H20N6O5/c1-14-21-19(13-20(16-7-5-4-6-8-16)26-22(21)30(3)29-14)25(32)35-15(2)23-27-28-24(36-23)17-9-11-18(12-10-17)31(33)34/h4-13,15H,1-3H3. The lowest BCUT2D eigenvalue weighted by atomic mass is 10.1. The first kappa shape index (κ1) is 22.8.